The molecule has 0 bridgehead atoms. The molecule has 0 spiro atoms. The van der Waals surface area contributed by atoms with Gasteiger partial charge in [-0.15, -0.1) is 12.4 Å². The van der Waals surface area contributed by atoms with E-state index in [9.17, 15) is 4.79 Å². The summed E-state index contributed by atoms with van der Waals surface area (Å²) in [4.78, 5) is 10.7. The molecule has 3 N–H and O–H groups in total. The fraction of sp³-hybridized carbons (Fsp3) is 0.833. The SMILES string of the molecule is Cl.NC[C@H]1CCCC(=O)N1. The van der Waals surface area contributed by atoms with Crippen molar-refractivity contribution >= 4 is 18.3 Å². The molecule has 1 heterocycles. The Balaban J connectivity index is 0.000000810. The summed E-state index contributed by atoms with van der Waals surface area (Å²) in [5.74, 6) is 0.150. The third kappa shape index (κ3) is 2.54. The Hall–Kier alpha value is -0.280. The van der Waals surface area contributed by atoms with Gasteiger partial charge in [0.25, 0.3) is 0 Å². The van der Waals surface area contributed by atoms with Crippen LogP contribution in [0.3, 0.4) is 0 Å². The Morgan fingerprint density at radius 3 is 2.80 bits per heavy atom. The molecule has 4 heteroatoms. The van der Waals surface area contributed by atoms with Crippen molar-refractivity contribution in [2.75, 3.05) is 6.54 Å². The van der Waals surface area contributed by atoms with E-state index in [1.54, 1.807) is 0 Å². The van der Waals surface area contributed by atoms with Crippen LogP contribution < -0.4 is 11.1 Å². The molecule has 0 aromatic rings. The molecule has 0 radical (unpaired) electrons. The van der Waals surface area contributed by atoms with Gasteiger partial charge >= 0.3 is 0 Å². The first kappa shape index (κ1) is 9.72. The quantitative estimate of drug-likeness (QED) is 0.575. The lowest BCUT2D eigenvalue weighted by Gasteiger charge is -2.20. The molecule has 1 atom stereocenters. The monoisotopic (exact) mass is 164 g/mol. The van der Waals surface area contributed by atoms with Gasteiger partial charge in [0.05, 0.1) is 0 Å². The van der Waals surface area contributed by atoms with E-state index < -0.39 is 0 Å². The van der Waals surface area contributed by atoms with Gasteiger partial charge in [0.15, 0.2) is 0 Å². The fourth-order valence-electron chi connectivity index (χ4n) is 1.06. The zero-order valence-corrected chi connectivity index (χ0v) is 6.62. The summed E-state index contributed by atoms with van der Waals surface area (Å²) in [6.07, 6.45) is 2.71. The van der Waals surface area contributed by atoms with E-state index in [1.807, 2.05) is 0 Å². The molecule has 0 unspecified atom stereocenters. The molecule has 3 nitrogen and oxygen atoms in total. The highest BCUT2D eigenvalue weighted by Crippen LogP contribution is 2.05. The number of hydrogen-bond donors (Lipinski definition) is 2. The smallest absolute Gasteiger partial charge is 0.220 e. The highest BCUT2D eigenvalue weighted by atomic mass is 35.5. The van der Waals surface area contributed by atoms with E-state index in [0.717, 1.165) is 12.8 Å². The van der Waals surface area contributed by atoms with Crippen LogP contribution in [0.15, 0.2) is 0 Å². The van der Waals surface area contributed by atoms with Gasteiger partial charge in [-0.25, -0.2) is 0 Å². The average Bonchev–Trinajstić information content (AvgIpc) is 1.88. The van der Waals surface area contributed by atoms with Crippen molar-refractivity contribution in [2.45, 2.75) is 25.3 Å². The first-order valence-electron chi connectivity index (χ1n) is 3.32. The largest absolute Gasteiger partial charge is 0.352 e. The van der Waals surface area contributed by atoms with Crippen molar-refractivity contribution in [1.29, 1.82) is 0 Å². The topological polar surface area (TPSA) is 55.1 Å². The first-order valence-corrected chi connectivity index (χ1v) is 3.32. The van der Waals surface area contributed by atoms with E-state index in [-0.39, 0.29) is 24.4 Å². The van der Waals surface area contributed by atoms with E-state index >= 15 is 0 Å². The average molecular weight is 165 g/mol. The van der Waals surface area contributed by atoms with Crippen LogP contribution in [0.5, 0.6) is 0 Å². The molecule has 1 saturated heterocycles. The summed E-state index contributed by atoms with van der Waals surface area (Å²) in [6, 6.07) is 0.242. The number of rotatable bonds is 1. The van der Waals surface area contributed by atoms with E-state index in [4.69, 9.17) is 5.73 Å². The van der Waals surface area contributed by atoms with Gasteiger partial charge in [-0.2, -0.15) is 0 Å². The van der Waals surface area contributed by atoms with Crippen LogP contribution in [-0.2, 0) is 4.79 Å². The number of halogens is 1. The van der Waals surface area contributed by atoms with E-state index in [2.05, 4.69) is 5.32 Å². The van der Waals surface area contributed by atoms with Gasteiger partial charge in [-0.1, -0.05) is 0 Å². The summed E-state index contributed by atoms with van der Waals surface area (Å²) in [5.41, 5.74) is 5.35. The molecule has 1 rings (SSSR count). The number of carbonyl (C=O) groups is 1. The van der Waals surface area contributed by atoms with Gasteiger partial charge in [0.1, 0.15) is 0 Å². The van der Waals surface area contributed by atoms with E-state index in [1.165, 1.54) is 0 Å². The second-order valence-electron chi connectivity index (χ2n) is 2.39. The number of amides is 1. The molecule has 1 aliphatic rings. The molecule has 1 fully saturated rings. The van der Waals surface area contributed by atoms with Crippen LogP contribution in [0.1, 0.15) is 19.3 Å². The molecule has 1 amide bonds. The van der Waals surface area contributed by atoms with Crippen LogP contribution in [0.2, 0.25) is 0 Å². The maximum Gasteiger partial charge on any atom is 0.220 e. The third-order valence-electron chi connectivity index (χ3n) is 1.61. The van der Waals surface area contributed by atoms with Gasteiger partial charge in [-0.05, 0) is 12.8 Å². The lowest BCUT2D eigenvalue weighted by atomic mass is 10.1. The molecular formula is C6H13ClN2O. The van der Waals surface area contributed by atoms with Crippen LogP contribution in [0, 0.1) is 0 Å². The normalized spacial score (nSPS) is 24.9. The minimum absolute atomic E-state index is 0. The maximum absolute atomic E-state index is 10.7. The minimum Gasteiger partial charge on any atom is -0.352 e. The van der Waals surface area contributed by atoms with Gasteiger partial charge < -0.3 is 11.1 Å². The minimum atomic E-state index is 0. The summed E-state index contributed by atoms with van der Waals surface area (Å²) in [6.45, 7) is 0.575. The van der Waals surface area contributed by atoms with Crippen molar-refractivity contribution in [2.24, 2.45) is 5.73 Å². The molecule has 0 aromatic carbocycles. The van der Waals surface area contributed by atoms with E-state index in [0.29, 0.717) is 13.0 Å². The van der Waals surface area contributed by atoms with Gasteiger partial charge in [0.2, 0.25) is 5.91 Å². The van der Waals surface area contributed by atoms with Gasteiger partial charge in [-0.3, -0.25) is 4.79 Å². The summed E-state index contributed by atoms with van der Waals surface area (Å²) >= 11 is 0. The number of hydrogen-bond acceptors (Lipinski definition) is 2. The van der Waals surface area contributed by atoms with Crippen LogP contribution in [0.25, 0.3) is 0 Å². The highest BCUT2D eigenvalue weighted by molar-refractivity contribution is 5.85. The Bertz CT molecular complexity index is 118. The zero-order valence-electron chi connectivity index (χ0n) is 5.80. The standard InChI is InChI=1S/C6H12N2O.ClH/c7-4-5-2-1-3-6(9)8-5;/h5H,1-4,7H2,(H,8,9);1H/t5-;/m1./s1. The summed E-state index contributed by atoms with van der Waals surface area (Å²) in [5, 5.41) is 2.80. The molecule has 60 valence electrons. The predicted octanol–water partition coefficient (Wildman–Crippen LogP) is 0.0356. The number of carbonyl (C=O) groups excluding carboxylic acids is 1. The molecule has 0 saturated carbocycles. The highest BCUT2D eigenvalue weighted by Gasteiger charge is 2.15. The summed E-state index contributed by atoms with van der Waals surface area (Å²) in [7, 11) is 0. The third-order valence-corrected chi connectivity index (χ3v) is 1.61. The number of nitrogens with two attached hydrogens (primary N) is 1. The Labute approximate surface area is 66.8 Å². The Kier molecular flexibility index (Phi) is 4.40. The van der Waals surface area contributed by atoms with Crippen LogP contribution in [-0.4, -0.2) is 18.5 Å². The fourth-order valence-corrected chi connectivity index (χ4v) is 1.06. The lowest BCUT2D eigenvalue weighted by molar-refractivity contribution is -0.123. The molecule has 10 heavy (non-hydrogen) atoms. The molecular weight excluding hydrogens is 152 g/mol. The van der Waals surface area contributed by atoms with Crippen molar-refractivity contribution in [3.05, 3.63) is 0 Å². The number of nitrogens with one attached hydrogen (secondary N) is 1. The molecule has 0 aliphatic carbocycles. The lowest BCUT2D eigenvalue weighted by Crippen LogP contribution is -2.43. The molecule has 0 aromatic heterocycles. The zero-order chi connectivity index (χ0) is 6.69. The van der Waals surface area contributed by atoms with Gasteiger partial charge in [0, 0.05) is 19.0 Å². The van der Waals surface area contributed by atoms with Crippen LogP contribution >= 0.6 is 12.4 Å². The summed E-state index contributed by atoms with van der Waals surface area (Å²) < 4.78 is 0. The second kappa shape index (κ2) is 4.52. The maximum atomic E-state index is 10.7. The van der Waals surface area contributed by atoms with Crippen molar-refractivity contribution in [3.8, 4) is 0 Å². The Morgan fingerprint density at radius 2 is 2.40 bits per heavy atom. The van der Waals surface area contributed by atoms with Crippen LogP contribution in [0.4, 0.5) is 0 Å². The van der Waals surface area contributed by atoms with Crippen molar-refractivity contribution in [1.82, 2.24) is 5.32 Å². The second-order valence-corrected chi connectivity index (χ2v) is 2.39. The Morgan fingerprint density at radius 1 is 1.70 bits per heavy atom. The predicted molar refractivity (Wildman–Crippen MR) is 42.1 cm³/mol. The number of piperidine rings is 1. The van der Waals surface area contributed by atoms with Crippen molar-refractivity contribution in [3.63, 3.8) is 0 Å². The van der Waals surface area contributed by atoms with Crippen molar-refractivity contribution < 1.29 is 4.79 Å². The first-order chi connectivity index (χ1) is 4.33. The molecule has 1 aliphatic heterocycles.